The molecule has 15 heteroatoms. The molecule has 0 aromatic heterocycles. The molecule has 0 aliphatic rings. The van der Waals surface area contributed by atoms with E-state index in [1.165, 1.54) is 0 Å². The summed E-state index contributed by atoms with van der Waals surface area (Å²) in [7, 11) is 0. The lowest BCUT2D eigenvalue weighted by Crippen LogP contribution is -2.37. The van der Waals surface area contributed by atoms with Crippen molar-refractivity contribution >= 4 is 11.8 Å². The molecule has 0 heterocycles. The molecule has 0 fully saturated rings. The Bertz CT molecular complexity index is 582. The summed E-state index contributed by atoms with van der Waals surface area (Å²) in [6.07, 6.45) is 0.0848. The van der Waals surface area contributed by atoms with Crippen LogP contribution in [0.2, 0.25) is 0 Å². The average Bonchev–Trinajstić information content (AvgIpc) is 2.85. The predicted molar refractivity (Wildman–Crippen MR) is 131 cm³/mol. The maximum Gasteiger partial charge on any atom is 0.221 e. The number of nitrogens with two attached hydrogens (primary N) is 2. The maximum atomic E-state index is 11.9. The minimum atomic E-state index is -0.580. The summed E-state index contributed by atoms with van der Waals surface area (Å²) in [4.78, 5) is 26.4. The summed E-state index contributed by atoms with van der Waals surface area (Å²) in [5, 5.41) is 8.75. The highest BCUT2D eigenvalue weighted by Crippen LogP contribution is 1.95. The molecule has 0 rings (SSSR count). The van der Waals surface area contributed by atoms with E-state index in [2.05, 4.69) is 20.7 Å². The Morgan fingerprint density at radius 2 is 1.08 bits per heavy atom. The van der Waals surface area contributed by atoms with Gasteiger partial charge in [0.25, 0.3) is 0 Å². The van der Waals surface area contributed by atoms with Crippen LogP contribution in [0.5, 0.6) is 0 Å². The number of hydrogen-bond donors (Lipinski definition) is 4. The van der Waals surface area contributed by atoms with Gasteiger partial charge in [0.15, 0.2) is 0 Å². The van der Waals surface area contributed by atoms with Crippen molar-refractivity contribution in [3.05, 3.63) is 10.4 Å². The number of rotatable bonds is 27. The Morgan fingerprint density at radius 3 is 1.50 bits per heavy atom. The Hall–Kier alpha value is -2.07. The molecule has 1 unspecified atom stereocenters. The topological polar surface area (TPSA) is 214 Å². The zero-order chi connectivity index (χ0) is 26.5. The quantitative estimate of drug-likeness (QED) is 0.0433. The monoisotopic (exact) mass is 521 g/mol. The van der Waals surface area contributed by atoms with Crippen LogP contribution in [0.15, 0.2) is 5.11 Å². The van der Waals surface area contributed by atoms with Gasteiger partial charge < -0.3 is 50.5 Å². The van der Waals surface area contributed by atoms with E-state index in [1.54, 1.807) is 0 Å². The molecule has 0 saturated heterocycles. The van der Waals surface area contributed by atoms with E-state index in [1.807, 2.05) is 0 Å². The van der Waals surface area contributed by atoms with E-state index in [9.17, 15) is 9.59 Å². The third kappa shape index (κ3) is 26.5. The molecule has 0 aromatic carbocycles. The number of carbonyl (C=O) groups is 2. The highest BCUT2D eigenvalue weighted by molar-refractivity contribution is 5.80. The first-order chi connectivity index (χ1) is 17.6. The Balaban J connectivity index is 3.45. The summed E-state index contributed by atoms with van der Waals surface area (Å²) in [6, 6.07) is -0.580. The highest BCUT2D eigenvalue weighted by Gasteiger charge is 2.13. The number of azide groups is 1. The van der Waals surface area contributed by atoms with Crippen LogP contribution < -0.4 is 22.1 Å². The van der Waals surface area contributed by atoms with Crippen LogP contribution in [0.4, 0.5) is 0 Å². The smallest absolute Gasteiger partial charge is 0.221 e. The van der Waals surface area contributed by atoms with Crippen LogP contribution in [0.25, 0.3) is 10.4 Å². The number of nitrogens with one attached hydrogen (secondary N) is 2. The number of ether oxygens (including phenoxy) is 6. The van der Waals surface area contributed by atoms with Crippen LogP contribution in [0.1, 0.15) is 12.8 Å². The van der Waals surface area contributed by atoms with Gasteiger partial charge in [-0.1, -0.05) is 5.11 Å². The molecule has 0 radical (unpaired) electrons. The van der Waals surface area contributed by atoms with Gasteiger partial charge >= 0.3 is 0 Å². The van der Waals surface area contributed by atoms with E-state index in [4.69, 9.17) is 45.4 Å². The van der Waals surface area contributed by atoms with Crippen molar-refractivity contribution in [2.75, 3.05) is 105 Å². The largest absolute Gasteiger partial charge is 0.379 e. The fourth-order valence-corrected chi connectivity index (χ4v) is 2.54. The predicted octanol–water partition coefficient (Wildman–Crippen LogP) is -1.31. The molecule has 36 heavy (non-hydrogen) atoms. The van der Waals surface area contributed by atoms with Crippen molar-refractivity contribution in [3.63, 3.8) is 0 Å². The van der Waals surface area contributed by atoms with E-state index >= 15 is 0 Å². The first-order valence-electron chi connectivity index (χ1n) is 12.1. The SMILES string of the molecule is [N-]=[N+]=NCCOCCOCCOCCNC(=O)CC(N)CC(=O)NCCOCCOCCOCCN. The minimum absolute atomic E-state index is 0.0407. The third-order valence-corrected chi connectivity index (χ3v) is 4.18. The summed E-state index contributed by atoms with van der Waals surface area (Å²) in [5.41, 5.74) is 19.3. The van der Waals surface area contributed by atoms with E-state index in [0.29, 0.717) is 105 Å². The van der Waals surface area contributed by atoms with Gasteiger partial charge in [-0.15, -0.1) is 0 Å². The van der Waals surface area contributed by atoms with Crippen molar-refractivity contribution < 1.29 is 38.0 Å². The molecule has 210 valence electrons. The first kappa shape index (κ1) is 33.9. The second-order valence-corrected chi connectivity index (χ2v) is 7.29. The molecule has 0 spiro atoms. The van der Waals surface area contributed by atoms with E-state index in [0.717, 1.165) is 0 Å². The van der Waals surface area contributed by atoms with Crippen LogP contribution >= 0.6 is 0 Å². The average molecular weight is 522 g/mol. The maximum absolute atomic E-state index is 11.9. The number of carbonyl (C=O) groups excluding carboxylic acids is 2. The number of amides is 2. The van der Waals surface area contributed by atoms with Gasteiger partial charge in [-0.2, -0.15) is 0 Å². The lowest BCUT2D eigenvalue weighted by molar-refractivity contribution is -0.123. The van der Waals surface area contributed by atoms with Crippen LogP contribution in [0.3, 0.4) is 0 Å². The standard InChI is InChI=1S/C21H43N7O8/c22-1-5-31-9-13-35-14-10-32-6-2-25-20(29)17-19(23)18-21(30)26-3-7-33-11-15-36-16-12-34-8-4-27-28-24/h19H,1-18,22-23H2,(H,25,29)(H,26,30). The molecular weight excluding hydrogens is 478 g/mol. The molecule has 0 saturated carbocycles. The van der Waals surface area contributed by atoms with Gasteiger partial charge in [0.1, 0.15) is 0 Å². The summed E-state index contributed by atoms with van der Waals surface area (Å²) >= 11 is 0. The summed E-state index contributed by atoms with van der Waals surface area (Å²) < 4.78 is 31.7. The van der Waals surface area contributed by atoms with Crippen LogP contribution in [-0.4, -0.2) is 123 Å². The van der Waals surface area contributed by atoms with Gasteiger partial charge in [-0.3, -0.25) is 9.59 Å². The normalized spacial score (nSPS) is 11.6. The lowest BCUT2D eigenvalue weighted by atomic mass is 10.1. The second kappa shape index (κ2) is 27.5. The third-order valence-electron chi connectivity index (χ3n) is 4.18. The molecule has 6 N–H and O–H groups in total. The minimum Gasteiger partial charge on any atom is -0.379 e. The fourth-order valence-electron chi connectivity index (χ4n) is 2.54. The molecular formula is C21H43N7O8. The molecule has 0 aromatic rings. The van der Waals surface area contributed by atoms with Crippen molar-refractivity contribution in [1.82, 2.24) is 10.6 Å². The van der Waals surface area contributed by atoms with Gasteiger partial charge in [0.05, 0.1) is 79.3 Å². The van der Waals surface area contributed by atoms with Crippen molar-refractivity contribution in [2.24, 2.45) is 16.6 Å². The fraction of sp³-hybridized carbons (Fsp3) is 0.905. The first-order valence-corrected chi connectivity index (χ1v) is 12.1. The van der Waals surface area contributed by atoms with Gasteiger partial charge in [0, 0.05) is 50.0 Å². The van der Waals surface area contributed by atoms with Crippen LogP contribution in [0, 0.1) is 0 Å². The zero-order valence-corrected chi connectivity index (χ0v) is 21.1. The Labute approximate surface area is 212 Å². The molecule has 15 nitrogen and oxygen atoms in total. The second-order valence-electron chi connectivity index (χ2n) is 7.29. The lowest BCUT2D eigenvalue weighted by Gasteiger charge is -2.12. The molecule has 0 aliphatic carbocycles. The molecule has 2 amide bonds. The Kier molecular flexibility index (Phi) is 25.9. The van der Waals surface area contributed by atoms with Crippen molar-refractivity contribution in [1.29, 1.82) is 0 Å². The molecule has 1 atom stereocenters. The van der Waals surface area contributed by atoms with Gasteiger partial charge in [0.2, 0.25) is 11.8 Å². The zero-order valence-electron chi connectivity index (χ0n) is 21.1. The molecule has 0 bridgehead atoms. The van der Waals surface area contributed by atoms with E-state index in [-0.39, 0.29) is 24.7 Å². The molecule has 0 aliphatic heterocycles. The highest BCUT2D eigenvalue weighted by atomic mass is 16.5. The summed E-state index contributed by atoms with van der Waals surface area (Å²) in [5.74, 6) is -0.485. The van der Waals surface area contributed by atoms with Crippen molar-refractivity contribution in [2.45, 2.75) is 18.9 Å². The van der Waals surface area contributed by atoms with Gasteiger partial charge in [-0.25, -0.2) is 0 Å². The van der Waals surface area contributed by atoms with E-state index < -0.39 is 6.04 Å². The van der Waals surface area contributed by atoms with Gasteiger partial charge in [-0.05, 0) is 5.53 Å². The number of hydrogen-bond acceptors (Lipinski definition) is 11. The Morgan fingerprint density at radius 1 is 0.694 bits per heavy atom. The summed E-state index contributed by atoms with van der Waals surface area (Å²) in [6.45, 7) is 6.47. The van der Waals surface area contributed by atoms with Crippen LogP contribution in [-0.2, 0) is 38.0 Å². The van der Waals surface area contributed by atoms with Crippen molar-refractivity contribution in [3.8, 4) is 0 Å². The number of nitrogens with zero attached hydrogens (tertiary/aromatic N) is 3.